The van der Waals surface area contributed by atoms with Crippen LogP contribution in [0.15, 0.2) is 18.2 Å². The summed E-state index contributed by atoms with van der Waals surface area (Å²) in [5.41, 5.74) is 6.96. The lowest BCUT2D eigenvalue weighted by molar-refractivity contribution is -0.114. The fourth-order valence-electron chi connectivity index (χ4n) is 1.87. The molecule has 1 aromatic carbocycles. The topological polar surface area (TPSA) is 95.1 Å². The van der Waals surface area contributed by atoms with Gasteiger partial charge in [0.2, 0.25) is 5.91 Å². The Morgan fingerprint density at radius 1 is 1.50 bits per heavy atom. The van der Waals surface area contributed by atoms with E-state index in [1.54, 1.807) is 37.0 Å². The van der Waals surface area contributed by atoms with Crippen LogP contribution in [-0.2, 0) is 18.4 Å². The van der Waals surface area contributed by atoms with E-state index in [4.69, 9.17) is 10.5 Å². The maximum Gasteiger partial charge on any atom is 0.221 e. The number of nitrogens with one attached hydrogen (secondary N) is 1. The summed E-state index contributed by atoms with van der Waals surface area (Å²) in [5.74, 6) is 1.68. The molecular weight excluding hydrogens is 258 g/mol. The zero-order chi connectivity index (χ0) is 14.7. The normalized spacial score (nSPS) is 10.4. The Hall–Kier alpha value is -2.41. The van der Waals surface area contributed by atoms with Gasteiger partial charge in [-0.2, -0.15) is 5.10 Å². The number of aryl methyl sites for hydroxylation is 1. The molecule has 2 aromatic rings. The summed E-state index contributed by atoms with van der Waals surface area (Å²) in [7, 11) is 3.35. The number of rotatable bonds is 4. The van der Waals surface area contributed by atoms with Gasteiger partial charge in [-0.25, -0.2) is 4.98 Å². The molecule has 3 N–H and O–H groups in total. The molecular formula is C13H17N5O2. The monoisotopic (exact) mass is 275 g/mol. The first-order chi connectivity index (χ1) is 9.55. The fourth-order valence-corrected chi connectivity index (χ4v) is 1.87. The number of nitrogens with zero attached hydrogens (tertiary/aromatic N) is 3. The largest absolute Gasteiger partial charge is 0.496 e. The summed E-state index contributed by atoms with van der Waals surface area (Å²) in [4.78, 5) is 15.5. The van der Waals surface area contributed by atoms with Gasteiger partial charge in [-0.1, -0.05) is 0 Å². The summed E-state index contributed by atoms with van der Waals surface area (Å²) < 4.78 is 6.93. The number of hydrogen-bond acceptors (Lipinski definition) is 5. The standard InChI is InChI=1S/C13H17N5O2/c1-8(19)15-9-4-5-11(20-3)10(6-9)13-16-12(7-14)18(2)17-13/h4-6H,7,14H2,1-3H3,(H,15,19). The Kier molecular flexibility index (Phi) is 3.99. The number of ether oxygens (including phenoxy) is 1. The highest BCUT2D eigenvalue weighted by Crippen LogP contribution is 2.30. The SMILES string of the molecule is COc1ccc(NC(C)=O)cc1-c1nc(CN)n(C)n1. The second kappa shape index (κ2) is 5.70. The molecule has 7 heteroatoms. The van der Waals surface area contributed by atoms with Crippen molar-refractivity contribution in [3.63, 3.8) is 0 Å². The summed E-state index contributed by atoms with van der Waals surface area (Å²) >= 11 is 0. The zero-order valence-corrected chi connectivity index (χ0v) is 11.7. The molecule has 1 aromatic heterocycles. The number of nitrogens with two attached hydrogens (primary N) is 1. The van der Waals surface area contributed by atoms with Crippen LogP contribution in [0.25, 0.3) is 11.4 Å². The van der Waals surface area contributed by atoms with Crippen molar-refractivity contribution in [2.75, 3.05) is 12.4 Å². The van der Waals surface area contributed by atoms with Gasteiger partial charge in [0.25, 0.3) is 0 Å². The van der Waals surface area contributed by atoms with Gasteiger partial charge in [-0.05, 0) is 18.2 Å². The molecule has 0 unspecified atom stereocenters. The summed E-state index contributed by atoms with van der Waals surface area (Å²) in [6.07, 6.45) is 0. The molecule has 0 saturated carbocycles. The first kappa shape index (κ1) is 14.0. The molecule has 106 valence electrons. The minimum absolute atomic E-state index is 0.141. The lowest BCUT2D eigenvalue weighted by Crippen LogP contribution is -2.06. The molecule has 0 radical (unpaired) electrons. The van der Waals surface area contributed by atoms with Crippen molar-refractivity contribution in [2.24, 2.45) is 12.8 Å². The molecule has 20 heavy (non-hydrogen) atoms. The minimum atomic E-state index is -0.141. The van der Waals surface area contributed by atoms with Crippen molar-refractivity contribution in [1.82, 2.24) is 14.8 Å². The fraction of sp³-hybridized carbons (Fsp3) is 0.308. The van der Waals surface area contributed by atoms with Crippen LogP contribution in [0.5, 0.6) is 5.75 Å². The number of amides is 1. The van der Waals surface area contributed by atoms with Gasteiger partial charge in [-0.3, -0.25) is 9.48 Å². The summed E-state index contributed by atoms with van der Waals surface area (Å²) in [5, 5.41) is 7.03. The Labute approximate surface area is 116 Å². The molecule has 2 rings (SSSR count). The van der Waals surface area contributed by atoms with E-state index in [1.165, 1.54) is 6.92 Å². The van der Waals surface area contributed by atoms with Crippen LogP contribution >= 0.6 is 0 Å². The van der Waals surface area contributed by atoms with E-state index >= 15 is 0 Å². The highest BCUT2D eigenvalue weighted by Gasteiger charge is 2.14. The average molecular weight is 275 g/mol. The second-order valence-electron chi connectivity index (χ2n) is 4.28. The number of aromatic nitrogens is 3. The van der Waals surface area contributed by atoms with Gasteiger partial charge in [0.05, 0.1) is 19.2 Å². The van der Waals surface area contributed by atoms with Gasteiger partial charge in [0.15, 0.2) is 5.82 Å². The highest BCUT2D eigenvalue weighted by molar-refractivity contribution is 5.89. The molecule has 0 aliphatic heterocycles. The number of methoxy groups -OCH3 is 1. The zero-order valence-electron chi connectivity index (χ0n) is 11.7. The first-order valence-electron chi connectivity index (χ1n) is 6.11. The van der Waals surface area contributed by atoms with Gasteiger partial charge in [-0.15, -0.1) is 0 Å². The van der Waals surface area contributed by atoms with Crippen LogP contribution in [0, 0.1) is 0 Å². The van der Waals surface area contributed by atoms with Crippen LogP contribution in [0.4, 0.5) is 5.69 Å². The number of benzene rings is 1. The Balaban J connectivity index is 2.48. The predicted molar refractivity (Wildman–Crippen MR) is 75.2 cm³/mol. The second-order valence-corrected chi connectivity index (χ2v) is 4.28. The number of carbonyl (C=O) groups excluding carboxylic acids is 1. The van der Waals surface area contributed by atoms with Crippen molar-refractivity contribution >= 4 is 11.6 Å². The van der Waals surface area contributed by atoms with Gasteiger partial charge < -0.3 is 15.8 Å². The third-order valence-corrected chi connectivity index (χ3v) is 2.80. The van der Waals surface area contributed by atoms with Gasteiger partial charge in [0.1, 0.15) is 11.6 Å². The average Bonchev–Trinajstić information content (AvgIpc) is 2.79. The molecule has 1 heterocycles. The van der Waals surface area contributed by atoms with Gasteiger partial charge >= 0.3 is 0 Å². The lowest BCUT2D eigenvalue weighted by atomic mass is 10.1. The quantitative estimate of drug-likeness (QED) is 0.864. The van der Waals surface area contributed by atoms with E-state index in [0.29, 0.717) is 35.2 Å². The molecule has 0 spiro atoms. The van der Waals surface area contributed by atoms with E-state index in [2.05, 4.69) is 15.4 Å². The lowest BCUT2D eigenvalue weighted by Gasteiger charge is -2.08. The molecule has 0 aliphatic rings. The van der Waals surface area contributed by atoms with Crippen LogP contribution in [0.2, 0.25) is 0 Å². The van der Waals surface area contributed by atoms with Crippen molar-refractivity contribution < 1.29 is 9.53 Å². The Morgan fingerprint density at radius 2 is 2.25 bits per heavy atom. The summed E-state index contributed by atoms with van der Waals surface area (Å²) in [6, 6.07) is 5.30. The number of anilines is 1. The molecule has 0 saturated heterocycles. The molecule has 1 amide bonds. The van der Waals surface area contributed by atoms with E-state index in [0.717, 1.165) is 0 Å². The van der Waals surface area contributed by atoms with E-state index < -0.39 is 0 Å². The molecule has 7 nitrogen and oxygen atoms in total. The van der Waals surface area contributed by atoms with Gasteiger partial charge in [0, 0.05) is 19.7 Å². The summed E-state index contributed by atoms with van der Waals surface area (Å²) in [6.45, 7) is 1.76. The maximum absolute atomic E-state index is 11.1. The van der Waals surface area contributed by atoms with Crippen LogP contribution in [-0.4, -0.2) is 27.8 Å². The van der Waals surface area contributed by atoms with Crippen molar-refractivity contribution in [3.05, 3.63) is 24.0 Å². The molecule has 0 atom stereocenters. The molecule has 0 bridgehead atoms. The smallest absolute Gasteiger partial charge is 0.221 e. The molecule has 0 fully saturated rings. The van der Waals surface area contributed by atoms with Crippen molar-refractivity contribution in [1.29, 1.82) is 0 Å². The van der Waals surface area contributed by atoms with Crippen molar-refractivity contribution in [3.8, 4) is 17.1 Å². The first-order valence-corrected chi connectivity index (χ1v) is 6.11. The van der Waals surface area contributed by atoms with Crippen molar-refractivity contribution in [2.45, 2.75) is 13.5 Å². The Bertz CT molecular complexity index is 636. The predicted octanol–water partition coefficient (Wildman–Crippen LogP) is 0.908. The van der Waals surface area contributed by atoms with E-state index in [9.17, 15) is 4.79 Å². The van der Waals surface area contributed by atoms with E-state index in [-0.39, 0.29) is 5.91 Å². The van der Waals surface area contributed by atoms with E-state index in [1.807, 2.05) is 0 Å². The van der Waals surface area contributed by atoms with Crippen LogP contribution < -0.4 is 15.8 Å². The van der Waals surface area contributed by atoms with Crippen LogP contribution in [0.1, 0.15) is 12.7 Å². The highest BCUT2D eigenvalue weighted by atomic mass is 16.5. The van der Waals surface area contributed by atoms with Crippen LogP contribution in [0.3, 0.4) is 0 Å². The maximum atomic E-state index is 11.1. The number of carbonyl (C=O) groups is 1. The minimum Gasteiger partial charge on any atom is -0.496 e. The third-order valence-electron chi connectivity index (χ3n) is 2.80. The third kappa shape index (κ3) is 2.77. The molecule has 0 aliphatic carbocycles. The Morgan fingerprint density at radius 3 is 2.80 bits per heavy atom. The number of hydrogen-bond donors (Lipinski definition) is 2.